The standard InChI is InChI=1S/C9H5BrFN3OS/c10-6-3-5(1-2-7(6)11)8(15)13-9-14-12-4-16-9/h1-4H,(H,13,14,15). The summed E-state index contributed by atoms with van der Waals surface area (Å²) in [5.41, 5.74) is 1.86. The lowest BCUT2D eigenvalue weighted by atomic mass is 10.2. The van der Waals surface area contributed by atoms with Gasteiger partial charge in [-0.25, -0.2) is 4.39 Å². The molecule has 4 nitrogen and oxygen atoms in total. The van der Waals surface area contributed by atoms with Crippen LogP contribution in [-0.2, 0) is 0 Å². The molecule has 1 aromatic heterocycles. The molecule has 0 unspecified atom stereocenters. The zero-order valence-electron chi connectivity index (χ0n) is 7.78. The first-order valence-corrected chi connectivity index (χ1v) is 5.86. The van der Waals surface area contributed by atoms with Crippen LogP contribution < -0.4 is 5.32 Å². The number of hydrogen-bond acceptors (Lipinski definition) is 4. The average molecular weight is 302 g/mol. The minimum Gasteiger partial charge on any atom is -0.296 e. The van der Waals surface area contributed by atoms with Gasteiger partial charge in [0.2, 0.25) is 5.13 Å². The average Bonchev–Trinajstić information content (AvgIpc) is 2.74. The van der Waals surface area contributed by atoms with E-state index in [1.54, 1.807) is 0 Å². The molecule has 0 spiro atoms. The molecule has 0 saturated carbocycles. The van der Waals surface area contributed by atoms with Crippen molar-refractivity contribution in [3.05, 3.63) is 39.6 Å². The molecule has 0 aliphatic rings. The normalized spacial score (nSPS) is 10.1. The Morgan fingerprint density at radius 3 is 2.94 bits per heavy atom. The van der Waals surface area contributed by atoms with Crippen LogP contribution in [0.4, 0.5) is 9.52 Å². The molecule has 0 saturated heterocycles. The van der Waals surface area contributed by atoms with Gasteiger partial charge in [0.05, 0.1) is 4.47 Å². The van der Waals surface area contributed by atoms with Crippen molar-refractivity contribution < 1.29 is 9.18 Å². The van der Waals surface area contributed by atoms with Crippen LogP contribution in [0.25, 0.3) is 0 Å². The maximum atomic E-state index is 12.9. The van der Waals surface area contributed by atoms with Gasteiger partial charge >= 0.3 is 0 Å². The van der Waals surface area contributed by atoms with Gasteiger partial charge in [-0.05, 0) is 34.1 Å². The van der Waals surface area contributed by atoms with Crippen LogP contribution in [0.5, 0.6) is 0 Å². The Bertz CT molecular complexity index is 517. The van der Waals surface area contributed by atoms with Gasteiger partial charge in [0.1, 0.15) is 11.3 Å². The smallest absolute Gasteiger partial charge is 0.257 e. The van der Waals surface area contributed by atoms with Crippen LogP contribution in [0.1, 0.15) is 10.4 Å². The van der Waals surface area contributed by atoms with Crippen molar-refractivity contribution in [1.29, 1.82) is 0 Å². The van der Waals surface area contributed by atoms with E-state index in [1.165, 1.54) is 35.0 Å². The van der Waals surface area contributed by atoms with Crippen molar-refractivity contribution in [2.75, 3.05) is 5.32 Å². The number of anilines is 1. The summed E-state index contributed by atoms with van der Waals surface area (Å²) < 4.78 is 13.2. The van der Waals surface area contributed by atoms with Gasteiger partial charge in [0.25, 0.3) is 5.91 Å². The van der Waals surface area contributed by atoms with E-state index in [0.717, 1.165) is 0 Å². The Morgan fingerprint density at radius 1 is 1.50 bits per heavy atom. The number of rotatable bonds is 2. The van der Waals surface area contributed by atoms with Crippen LogP contribution >= 0.6 is 27.3 Å². The second-order valence-electron chi connectivity index (χ2n) is 2.83. The van der Waals surface area contributed by atoms with Gasteiger partial charge < -0.3 is 0 Å². The summed E-state index contributed by atoms with van der Waals surface area (Å²) in [5, 5.41) is 10.2. The second kappa shape index (κ2) is 4.67. The fourth-order valence-corrected chi connectivity index (χ4v) is 1.85. The highest BCUT2D eigenvalue weighted by molar-refractivity contribution is 9.10. The number of halogens is 2. The van der Waals surface area contributed by atoms with Crippen LogP contribution in [0.2, 0.25) is 0 Å². The number of nitrogens with zero attached hydrogens (tertiary/aromatic N) is 2. The summed E-state index contributed by atoms with van der Waals surface area (Å²) in [6.07, 6.45) is 0. The fourth-order valence-electron chi connectivity index (χ4n) is 1.03. The number of amides is 1. The number of carbonyl (C=O) groups is 1. The Balaban J connectivity index is 2.18. The van der Waals surface area contributed by atoms with Crippen LogP contribution in [0, 0.1) is 5.82 Å². The molecule has 0 fully saturated rings. The number of nitrogens with one attached hydrogen (secondary N) is 1. The number of hydrogen-bond donors (Lipinski definition) is 1. The maximum absolute atomic E-state index is 12.9. The number of carbonyl (C=O) groups excluding carboxylic acids is 1. The minimum absolute atomic E-state index is 0.248. The zero-order valence-corrected chi connectivity index (χ0v) is 10.2. The Morgan fingerprint density at radius 2 is 2.31 bits per heavy atom. The third-order valence-electron chi connectivity index (χ3n) is 1.76. The first-order valence-electron chi connectivity index (χ1n) is 4.19. The molecule has 2 rings (SSSR count). The molecule has 1 heterocycles. The molecule has 0 atom stereocenters. The monoisotopic (exact) mass is 301 g/mol. The van der Waals surface area contributed by atoms with Gasteiger partial charge in [-0.3, -0.25) is 10.1 Å². The Labute approximate surface area is 103 Å². The molecule has 82 valence electrons. The molecule has 0 aliphatic carbocycles. The maximum Gasteiger partial charge on any atom is 0.257 e. The third-order valence-corrected chi connectivity index (χ3v) is 2.98. The predicted molar refractivity (Wildman–Crippen MR) is 62.0 cm³/mol. The lowest BCUT2D eigenvalue weighted by Gasteiger charge is -2.02. The molecule has 1 amide bonds. The second-order valence-corrected chi connectivity index (χ2v) is 4.51. The van der Waals surface area contributed by atoms with Crippen LogP contribution in [-0.4, -0.2) is 16.1 Å². The summed E-state index contributed by atoms with van der Waals surface area (Å²) in [6, 6.07) is 4.03. The molecule has 1 aromatic carbocycles. The van der Waals surface area contributed by atoms with Crippen molar-refractivity contribution >= 4 is 38.3 Å². The van der Waals surface area contributed by atoms with Crippen molar-refractivity contribution in [1.82, 2.24) is 10.2 Å². The Kier molecular flexibility index (Phi) is 3.25. The van der Waals surface area contributed by atoms with Gasteiger partial charge in [0, 0.05) is 5.56 Å². The molecular formula is C9H5BrFN3OS. The van der Waals surface area contributed by atoms with Crippen molar-refractivity contribution in [2.45, 2.75) is 0 Å². The van der Waals surface area contributed by atoms with Gasteiger partial charge in [-0.2, -0.15) is 0 Å². The van der Waals surface area contributed by atoms with Crippen molar-refractivity contribution in [2.24, 2.45) is 0 Å². The first kappa shape index (κ1) is 11.2. The Hall–Kier alpha value is -1.34. The van der Waals surface area contributed by atoms with E-state index in [0.29, 0.717) is 10.7 Å². The largest absolute Gasteiger partial charge is 0.296 e. The van der Waals surface area contributed by atoms with Crippen molar-refractivity contribution in [3.8, 4) is 0 Å². The summed E-state index contributed by atoms with van der Waals surface area (Å²) >= 11 is 4.23. The summed E-state index contributed by atoms with van der Waals surface area (Å²) in [5.74, 6) is -0.759. The molecule has 1 N–H and O–H groups in total. The van der Waals surface area contributed by atoms with Crippen molar-refractivity contribution in [3.63, 3.8) is 0 Å². The third kappa shape index (κ3) is 2.42. The zero-order chi connectivity index (χ0) is 11.5. The van der Waals surface area contributed by atoms with E-state index in [1.807, 2.05) is 0 Å². The highest BCUT2D eigenvalue weighted by Crippen LogP contribution is 2.18. The topological polar surface area (TPSA) is 54.9 Å². The molecule has 0 aliphatic heterocycles. The number of benzene rings is 1. The predicted octanol–water partition coefficient (Wildman–Crippen LogP) is 2.69. The summed E-state index contributed by atoms with van der Waals surface area (Å²) in [7, 11) is 0. The highest BCUT2D eigenvalue weighted by atomic mass is 79.9. The van der Waals surface area contributed by atoms with E-state index >= 15 is 0 Å². The highest BCUT2D eigenvalue weighted by Gasteiger charge is 2.09. The molecule has 0 bridgehead atoms. The molecule has 2 aromatic rings. The quantitative estimate of drug-likeness (QED) is 0.928. The summed E-state index contributed by atoms with van der Waals surface area (Å²) in [6.45, 7) is 0. The molecule has 0 radical (unpaired) electrons. The lowest BCUT2D eigenvalue weighted by Crippen LogP contribution is -2.11. The van der Waals surface area contributed by atoms with Gasteiger partial charge in [-0.15, -0.1) is 10.2 Å². The first-order chi connectivity index (χ1) is 7.66. The lowest BCUT2D eigenvalue weighted by molar-refractivity contribution is 0.102. The van der Waals surface area contributed by atoms with E-state index in [2.05, 4.69) is 31.4 Å². The van der Waals surface area contributed by atoms with Crippen LogP contribution in [0.15, 0.2) is 28.2 Å². The SMILES string of the molecule is O=C(Nc1nncs1)c1ccc(F)c(Br)c1. The molecule has 7 heteroatoms. The van der Waals surface area contributed by atoms with E-state index in [9.17, 15) is 9.18 Å². The van der Waals surface area contributed by atoms with Crippen LogP contribution in [0.3, 0.4) is 0 Å². The van der Waals surface area contributed by atoms with Gasteiger partial charge in [-0.1, -0.05) is 11.3 Å². The number of aromatic nitrogens is 2. The fraction of sp³-hybridized carbons (Fsp3) is 0. The van der Waals surface area contributed by atoms with E-state index in [4.69, 9.17) is 0 Å². The van der Waals surface area contributed by atoms with E-state index in [-0.39, 0.29) is 10.4 Å². The molecule has 16 heavy (non-hydrogen) atoms. The summed E-state index contributed by atoms with van der Waals surface area (Å²) in [4.78, 5) is 11.7. The minimum atomic E-state index is -0.410. The van der Waals surface area contributed by atoms with Gasteiger partial charge in [0.15, 0.2) is 0 Å². The molecular weight excluding hydrogens is 297 g/mol. The van der Waals surface area contributed by atoms with E-state index < -0.39 is 5.82 Å².